The number of methoxy groups -OCH3 is 1. The molecule has 1 aromatic rings. The largest absolute Gasteiger partial charge is 0.468 e. The van der Waals surface area contributed by atoms with Crippen LogP contribution in [0, 0.1) is 0 Å². The molecule has 0 amide bonds. The molecule has 0 aromatic carbocycles. The molecule has 1 unspecified atom stereocenters. The zero-order chi connectivity index (χ0) is 11.1. The second-order valence-electron chi connectivity index (χ2n) is 3.70. The van der Waals surface area contributed by atoms with Gasteiger partial charge in [0.05, 0.1) is 18.9 Å². The lowest BCUT2D eigenvalue weighted by molar-refractivity contribution is 0.0911. The van der Waals surface area contributed by atoms with Crippen molar-refractivity contribution in [2.24, 2.45) is 5.73 Å². The van der Waals surface area contributed by atoms with Crippen LogP contribution in [0.2, 0.25) is 0 Å². The Morgan fingerprint density at radius 1 is 1.60 bits per heavy atom. The lowest BCUT2D eigenvalue weighted by Crippen LogP contribution is -2.28. The Hall–Kier alpha value is -0.840. The summed E-state index contributed by atoms with van der Waals surface area (Å²) >= 11 is 0. The molecule has 0 saturated carbocycles. The van der Waals surface area contributed by atoms with Gasteiger partial charge < -0.3 is 14.9 Å². The highest BCUT2D eigenvalue weighted by molar-refractivity contribution is 4.97. The van der Waals surface area contributed by atoms with E-state index in [9.17, 15) is 0 Å². The van der Waals surface area contributed by atoms with E-state index >= 15 is 0 Å². The van der Waals surface area contributed by atoms with E-state index in [4.69, 9.17) is 14.9 Å². The van der Waals surface area contributed by atoms with Gasteiger partial charge in [0.2, 0.25) is 0 Å². The summed E-state index contributed by atoms with van der Waals surface area (Å²) in [4.78, 5) is 2.19. The van der Waals surface area contributed by atoms with Crippen molar-refractivity contribution in [2.45, 2.75) is 19.1 Å². The van der Waals surface area contributed by atoms with Gasteiger partial charge in [0.15, 0.2) is 0 Å². The fourth-order valence-corrected chi connectivity index (χ4v) is 1.44. The molecule has 0 aliphatic heterocycles. The Bertz CT molecular complexity index is 245. The molecule has 0 saturated heterocycles. The van der Waals surface area contributed by atoms with E-state index < -0.39 is 0 Å². The van der Waals surface area contributed by atoms with Crippen molar-refractivity contribution in [3.8, 4) is 0 Å². The average Bonchev–Trinajstić information content (AvgIpc) is 2.72. The van der Waals surface area contributed by atoms with Crippen molar-refractivity contribution in [1.29, 1.82) is 0 Å². The Labute approximate surface area is 91.0 Å². The maximum Gasteiger partial charge on any atom is 0.117 e. The fraction of sp³-hybridized carbons (Fsp3) is 0.636. The molecule has 15 heavy (non-hydrogen) atoms. The quantitative estimate of drug-likeness (QED) is 0.734. The van der Waals surface area contributed by atoms with Gasteiger partial charge in [0, 0.05) is 20.2 Å². The maximum absolute atomic E-state index is 5.54. The van der Waals surface area contributed by atoms with Crippen molar-refractivity contribution >= 4 is 0 Å². The molecule has 0 fully saturated rings. The second-order valence-corrected chi connectivity index (χ2v) is 3.70. The molecule has 2 N–H and O–H groups in total. The van der Waals surface area contributed by atoms with Crippen molar-refractivity contribution in [1.82, 2.24) is 4.90 Å². The molecule has 0 aliphatic carbocycles. The molecule has 4 heteroatoms. The molecule has 0 spiro atoms. The first-order valence-electron chi connectivity index (χ1n) is 5.20. The van der Waals surface area contributed by atoms with Crippen molar-refractivity contribution in [3.63, 3.8) is 0 Å². The number of nitrogens with zero attached hydrogens (tertiary/aromatic N) is 1. The summed E-state index contributed by atoms with van der Waals surface area (Å²) in [6.45, 7) is 2.36. The minimum atomic E-state index is 0.157. The van der Waals surface area contributed by atoms with Gasteiger partial charge >= 0.3 is 0 Å². The van der Waals surface area contributed by atoms with Crippen LogP contribution < -0.4 is 5.73 Å². The van der Waals surface area contributed by atoms with Crippen LogP contribution in [0.1, 0.15) is 12.2 Å². The molecule has 1 rings (SSSR count). The summed E-state index contributed by atoms with van der Waals surface area (Å²) in [5.74, 6) is 0.985. The highest BCUT2D eigenvalue weighted by Gasteiger charge is 2.07. The summed E-state index contributed by atoms with van der Waals surface area (Å²) in [6, 6.07) is 3.88. The Morgan fingerprint density at radius 2 is 2.40 bits per heavy atom. The van der Waals surface area contributed by atoms with Crippen LogP contribution in [0.3, 0.4) is 0 Å². The van der Waals surface area contributed by atoms with Crippen LogP contribution in [0.5, 0.6) is 0 Å². The van der Waals surface area contributed by atoms with Crippen LogP contribution in [0.4, 0.5) is 0 Å². The number of furan rings is 1. The maximum atomic E-state index is 5.54. The molecular formula is C11H20N2O2. The van der Waals surface area contributed by atoms with Gasteiger partial charge in [0.25, 0.3) is 0 Å². The molecule has 1 aromatic heterocycles. The third-order valence-corrected chi connectivity index (χ3v) is 2.43. The first kappa shape index (κ1) is 12.2. The van der Waals surface area contributed by atoms with E-state index in [1.165, 1.54) is 0 Å². The van der Waals surface area contributed by atoms with Gasteiger partial charge in [-0.05, 0) is 25.6 Å². The van der Waals surface area contributed by atoms with E-state index in [1.54, 1.807) is 13.4 Å². The molecule has 1 atom stereocenters. The van der Waals surface area contributed by atoms with Crippen LogP contribution >= 0.6 is 0 Å². The van der Waals surface area contributed by atoms with E-state index in [2.05, 4.69) is 11.9 Å². The minimum absolute atomic E-state index is 0.157. The molecule has 0 aliphatic rings. The predicted octanol–water partition coefficient (Wildman–Crippen LogP) is 1.08. The third kappa shape index (κ3) is 4.46. The molecular weight excluding hydrogens is 192 g/mol. The zero-order valence-electron chi connectivity index (χ0n) is 9.48. The minimum Gasteiger partial charge on any atom is -0.468 e. The van der Waals surface area contributed by atoms with E-state index in [1.807, 2.05) is 12.1 Å². The van der Waals surface area contributed by atoms with E-state index in [0.29, 0.717) is 6.54 Å². The molecule has 0 bridgehead atoms. The van der Waals surface area contributed by atoms with Crippen LogP contribution in [-0.2, 0) is 11.3 Å². The standard InChI is InChI=1S/C11H20N2O2/c1-13(6-5-10(8-12)14-2)9-11-4-3-7-15-11/h3-4,7,10H,5-6,8-9,12H2,1-2H3. The van der Waals surface area contributed by atoms with Gasteiger partial charge in [0.1, 0.15) is 5.76 Å². The van der Waals surface area contributed by atoms with Crippen LogP contribution in [-0.4, -0.2) is 38.3 Å². The predicted molar refractivity (Wildman–Crippen MR) is 59.5 cm³/mol. The number of hydrogen-bond acceptors (Lipinski definition) is 4. The zero-order valence-corrected chi connectivity index (χ0v) is 9.48. The lowest BCUT2D eigenvalue weighted by atomic mass is 10.2. The number of rotatable bonds is 7. The van der Waals surface area contributed by atoms with Crippen molar-refractivity contribution < 1.29 is 9.15 Å². The number of hydrogen-bond donors (Lipinski definition) is 1. The summed E-state index contributed by atoms with van der Waals surface area (Å²) < 4.78 is 10.5. The number of nitrogens with two attached hydrogens (primary N) is 1. The Morgan fingerprint density at radius 3 is 2.93 bits per heavy atom. The molecule has 86 valence electrons. The van der Waals surface area contributed by atoms with Gasteiger partial charge in [-0.2, -0.15) is 0 Å². The van der Waals surface area contributed by atoms with Gasteiger partial charge in [-0.25, -0.2) is 0 Å². The Balaban J connectivity index is 2.21. The Kier molecular flexibility index (Phi) is 5.39. The first-order valence-corrected chi connectivity index (χ1v) is 5.20. The summed E-state index contributed by atoms with van der Waals surface area (Å²) in [6.07, 6.45) is 2.80. The monoisotopic (exact) mass is 212 g/mol. The van der Waals surface area contributed by atoms with Gasteiger partial charge in [-0.15, -0.1) is 0 Å². The highest BCUT2D eigenvalue weighted by Crippen LogP contribution is 2.05. The van der Waals surface area contributed by atoms with Gasteiger partial charge in [-0.3, -0.25) is 4.90 Å². The second kappa shape index (κ2) is 6.61. The fourth-order valence-electron chi connectivity index (χ4n) is 1.44. The lowest BCUT2D eigenvalue weighted by Gasteiger charge is -2.18. The first-order chi connectivity index (χ1) is 7.26. The van der Waals surface area contributed by atoms with Crippen molar-refractivity contribution in [3.05, 3.63) is 24.2 Å². The smallest absolute Gasteiger partial charge is 0.117 e. The normalized spacial score (nSPS) is 13.3. The van der Waals surface area contributed by atoms with Crippen LogP contribution in [0.25, 0.3) is 0 Å². The topological polar surface area (TPSA) is 51.6 Å². The van der Waals surface area contributed by atoms with Crippen molar-refractivity contribution in [2.75, 3.05) is 27.2 Å². The SMILES string of the molecule is COC(CN)CCN(C)Cc1ccco1. The van der Waals surface area contributed by atoms with Gasteiger partial charge in [-0.1, -0.05) is 0 Å². The third-order valence-electron chi connectivity index (χ3n) is 2.43. The number of ether oxygens (including phenoxy) is 1. The summed E-state index contributed by atoms with van der Waals surface area (Å²) in [5.41, 5.74) is 5.54. The van der Waals surface area contributed by atoms with E-state index in [-0.39, 0.29) is 6.10 Å². The summed E-state index contributed by atoms with van der Waals surface area (Å²) in [7, 11) is 3.76. The highest BCUT2D eigenvalue weighted by atomic mass is 16.5. The molecule has 4 nitrogen and oxygen atoms in total. The van der Waals surface area contributed by atoms with E-state index in [0.717, 1.165) is 25.3 Å². The molecule has 0 radical (unpaired) electrons. The summed E-state index contributed by atoms with van der Waals surface area (Å²) in [5, 5.41) is 0. The molecule has 1 heterocycles. The van der Waals surface area contributed by atoms with Crippen LogP contribution in [0.15, 0.2) is 22.8 Å². The average molecular weight is 212 g/mol.